The lowest BCUT2D eigenvalue weighted by atomic mass is 9.98. The summed E-state index contributed by atoms with van der Waals surface area (Å²) in [6.45, 7) is 0. The number of rotatable bonds is 5. The molecule has 0 saturated carbocycles. The van der Waals surface area contributed by atoms with Crippen LogP contribution in [-0.4, -0.2) is 25.9 Å². The summed E-state index contributed by atoms with van der Waals surface area (Å²) in [7, 11) is -9.79. The van der Waals surface area contributed by atoms with Crippen molar-refractivity contribution >= 4 is 20.2 Å². The normalized spacial score (nSPS) is 11.9. The highest BCUT2D eigenvalue weighted by Gasteiger charge is 2.27. The number of hydrogen-bond donors (Lipinski definition) is 2. The van der Waals surface area contributed by atoms with E-state index < -0.39 is 30.0 Å². The molecule has 0 bridgehead atoms. The van der Waals surface area contributed by atoms with Crippen LogP contribution in [0.15, 0.2) is 107 Å². The van der Waals surface area contributed by atoms with Gasteiger partial charge in [0, 0.05) is 5.56 Å². The molecule has 0 aliphatic heterocycles. The van der Waals surface area contributed by atoms with Crippen LogP contribution in [0.25, 0.3) is 33.4 Å². The Labute approximate surface area is 186 Å². The van der Waals surface area contributed by atoms with Crippen LogP contribution in [0.4, 0.5) is 0 Å². The molecule has 2 N–H and O–H groups in total. The molecule has 0 saturated heterocycles. The first-order chi connectivity index (χ1) is 15.1. The van der Waals surface area contributed by atoms with Crippen LogP contribution in [0.1, 0.15) is 0 Å². The molecule has 6 nitrogen and oxygen atoms in total. The molecular weight excluding hydrogens is 448 g/mol. The Bertz CT molecular complexity index is 1470. The molecule has 0 atom stereocenters. The highest BCUT2D eigenvalue weighted by atomic mass is 32.2. The third-order valence-electron chi connectivity index (χ3n) is 5.04. The maximum absolute atomic E-state index is 11.9. The van der Waals surface area contributed by atoms with Crippen molar-refractivity contribution in [2.75, 3.05) is 0 Å². The second kappa shape index (κ2) is 8.33. The van der Waals surface area contributed by atoms with Gasteiger partial charge in [0.2, 0.25) is 0 Å². The molecule has 0 aromatic heterocycles. The van der Waals surface area contributed by atoms with E-state index in [9.17, 15) is 25.9 Å². The maximum atomic E-state index is 11.9. The molecule has 0 fully saturated rings. The summed E-state index contributed by atoms with van der Waals surface area (Å²) in [6, 6.07) is 28.3. The molecule has 32 heavy (non-hydrogen) atoms. The minimum atomic E-state index is -4.93. The molecule has 4 aromatic rings. The Kier molecular flexibility index (Phi) is 5.70. The van der Waals surface area contributed by atoms with E-state index in [0.29, 0.717) is 5.56 Å². The molecule has 0 spiro atoms. The zero-order valence-corrected chi connectivity index (χ0v) is 18.2. The average molecular weight is 467 g/mol. The van der Waals surface area contributed by atoms with Gasteiger partial charge in [0.1, 0.15) is 9.79 Å². The standard InChI is InChI=1S/C24H18O6S2/c25-31(26,27)23-8-4-7-22(24(23)32(28,29)30)21-15-13-20(14-16-21)19-11-9-18(10-12-19)17-5-2-1-3-6-17/h1-16H,(H,25,26,27)(H,28,29,30). The first-order valence-electron chi connectivity index (χ1n) is 9.49. The Balaban J connectivity index is 1.73. The quantitative estimate of drug-likeness (QED) is 0.392. The van der Waals surface area contributed by atoms with E-state index in [4.69, 9.17) is 0 Å². The first kappa shape index (κ1) is 21.9. The van der Waals surface area contributed by atoms with Crippen LogP contribution >= 0.6 is 0 Å². The van der Waals surface area contributed by atoms with E-state index in [1.54, 1.807) is 24.3 Å². The van der Waals surface area contributed by atoms with E-state index in [1.807, 2.05) is 54.6 Å². The highest BCUT2D eigenvalue weighted by molar-refractivity contribution is 7.89. The summed E-state index contributed by atoms with van der Waals surface area (Å²) >= 11 is 0. The summed E-state index contributed by atoms with van der Waals surface area (Å²) in [6.07, 6.45) is 0. The van der Waals surface area contributed by atoms with E-state index in [0.717, 1.165) is 28.3 Å². The zero-order valence-electron chi connectivity index (χ0n) is 16.6. The van der Waals surface area contributed by atoms with Crippen molar-refractivity contribution in [2.45, 2.75) is 9.79 Å². The molecule has 162 valence electrons. The fourth-order valence-corrected chi connectivity index (χ4v) is 5.55. The summed E-state index contributed by atoms with van der Waals surface area (Å²) in [5.41, 5.74) is 4.32. The molecule has 0 aliphatic rings. The Morgan fingerprint density at radius 1 is 0.438 bits per heavy atom. The van der Waals surface area contributed by atoms with Crippen molar-refractivity contribution in [3.8, 4) is 33.4 Å². The third-order valence-corrected chi connectivity index (χ3v) is 7.02. The molecular formula is C24H18O6S2. The Morgan fingerprint density at radius 2 is 0.875 bits per heavy atom. The smallest absolute Gasteiger partial charge is 0.282 e. The van der Waals surface area contributed by atoms with Crippen molar-refractivity contribution < 1.29 is 25.9 Å². The molecule has 0 aliphatic carbocycles. The van der Waals surface area contributed by atoms with E-state index >= 15 is 0 Å². The molecule has 0 unspecified atom stereocenters. The van der Waals surface area contributed by atoms with Crippen molar-refractivity contribution in [1.82, 2.24) is 0 Å². The summed E-state index contributed by atoms with van der Waals surface area (Å²) in [4.78, 5) is -1.74. The average Bonchev–Trinajstić information content (AvgIpc) is 2.78. The van der Waals surface area contributed by atoms with Crippen LogP contribution in [0, 0.1) is 0 Å². The number of benzene rings is 4. The fourth-order valence-electron chi connectivity index (χ4n) is 3.54. The molecule has 0 heterocycles. The van der Waals surface area contributed by atoms with Gasteiger partial charge in [-0.15, -0.1) is 0 Å². The van der Waals surface area contributed by atoms with Crippen LogP contribution in [0.5, 0.6) is 0 Å². The SMILES string of the molecule is O=S(=O)(O)c1cccc(-c2ccc(-c3ccc(-c4ccccc4)cc3)cc2)c1S(=O)(=O)O. The fraction of sp³-hybridized carbons (Fsp3) is 0. The topological polar surface area (TPSA) is 109 Å². The Morgan fingerprint density at radius 3 is 1.31 bits per heavy atom. The van der Waals surface area contributed by atoms with Crippen molar-refractivity contribution in [1.29, 1.82) is 0 Å². The summed E-state index contributed by atoms with van der Waals surface area (Å²) < 4.78 is 66.1. The van der Waals surface area contributed by atoms with Crippen LogP contribution < -0.4 is 0 Å². The van der Waals surface area contributed by atoms with Gasteiger partial charge in [0.25, 0.3) is 20.2 Å². The van der Waals surface area contributed by atoms with Gasteiger partial charge in [-0.2, -0.15) is 16.8 Å². The minimum Gasteiger partial charge on any atom is -0.282 e. The van der Waals surface area contributed by atoms with Gasteiger partial charge in [0.05, 0.1) is 0 Å². The Hall–Kier alpha value is -3.30. The minimum absolute atomic E-state index is 0.0337. The van der Waals surface area contributed by atoms with Crippen molar-refractivity contribution in [2.24, 2.45) is 0 Å². The predicted octanol–water partition coefficient (Wildman–Crippen LogP) is 5.18. The van der Waals surface area contributed by atoms with Crippen LogP contribution in [0.2, 0.25) is 0 Å². The van der Waals surface area contributed by atoms with E-state index in [-0.39, 0.29) is 5.56 Å². The second-order valence-corrected chi connectivity index (χ2v) is 9.85. The van der Waals surface area contributed by atoms with Gasteiger partial charge in [-0.1, -0.05) is 91.0 Å². The predicted molar refractivity (Wildman–Crippen MR) is 122 cm³/mol. The van der Waals surface area contributed by atoms with Gasteiger partial charge in [-0.25, -0.2) is 0 Å². The third kappa shape index (κ3) is 4.49. The molecule has 0 radical (unpaired) electrons. The molecule has 8 heteroatoms. The lowest BCUT2D eigenvalue weighted by Crippen LogP contribution is -2.10. The summed E-state index contributed by atoms with van der Waals surface area (Å²) in [5, 5.41) is 0. The van der Waals surface area contributed by atoms with Crippen LogP contribution in [-0.2, 0) is 20.2 Å². The van der Waals surface area contributed by atoms with Gasteiger partial charge in [-0.05, 0) is 33.9 Å². The van der Waals surface area contributed by atoms with E-state index in [2.05, 4.69) is 0 Å². The largest absolute Gasteiger partial charge is 0.296 e. The zero-order chi connectivity index (χ0) is 22.9. The second-order valence-electron chi connectivity index (χ2n) is 7.10. The van der Waals surface area contributed by atoms with E-state index in [1.165, 1.54) is 12.1 Å². The van der Waals surface area contributed by atoms with Crippen molar-refractivity contribution in [3.05, 3.63) is 97.1 Å². The van der Waals surface area contributed by atoms with Gasteiger partial charge in [-0.3, -0.25) is 9.11 Å². The molecule has 4 aromatic carbocycles. The van der Waals surface area contributed by atoms with Gasteiger partial charge in [0.15, 0.2) is 0 Å². The van der Waals surface area contributed by atoms with Gasteiger partial charge < -0.3 is 0 Å². The monoisotopic (exact) mass is 466 g/mol. The molecule has 0 amide bonds. The first-order valence-corrected chi connectivity index (χ1v) is 12.4. The molecule has 4 rings (SSSR count). The summed E-state index contributed by atoms with van der Waals surface area (Å²) in [5.74, 6) is 0. The lowest BCUT2D eigenvalue weighted by molar-refractivity contribution is 0.467. The van der Waals surface area contributed by atoms with Crippen LogP contribution in [0.3, 0.4) is 0 Å². The highest BCUT2D eigenvalue weighted by Crippen LogP contribution is 2.34. The van der Waals surface area contributed by atoms with Gasteiger partial charge >= 0.3 is 0 Å². The van der Waals surface area contributed by atoms with Crippen molar-refractivity contribution in [3.63, 3.8) is 0 Å². The number of hydrogen-bond acceptors (Lipinski definition) is 4. The lowest BCUT2D eigenvalue weighted by Gasteiger charge is -2.12. The maximum Gasteiger partial charge on any atom is 0.296 e.